The van der Waals surface area contributed by atoms with E-state index in [0.29, 0.717) is 0 Å². The molecule has 0 saturated carbocycles. The molecule has 10 heavy (non-hydrogen) atoms. The molecule has 0 unspecified atom stereocenters. The first kappa shape index (κ1) is 10.1. The SMILES string of the molecule is Ic1nc(I)c(I)c(I)n1. The second-order valence-electron chi connectivity index (χ2n) is 1.39. The molecule has 0 radical (unpaired) electrons. The Kier molecular flexibility index (Phi) is 4.33. The summed E-state index contributed by atoms with van der Waals surface area (Å²) in [5, 5.41) is 0. The first-order valence-electron chi connectivity index (χ1n) is 2.15. The Balaban J connectivity index is 3.31. The van der Waals surface area contributed by atoms with E-state index in [2.05, 4.69) is 100 Å². The van der Waals surface area contributed by atoms with Crippen LogP contribution >= 0.6 is 90.4 Å². The van der Waals surface area contributed by atoms with Crippen molar-refractivity contribution in [1.82, 2.24) is 9.97 Å². The van der Waals surface area contributed by atoms with Gasteiger partial charge in [0.1, 0.15) is 7.40 Å². The normalized spacial score (nSPS) is 10.0. The highest BCUT2D eigenvalue weighted by Crippen LogP contribution is 2.18. The van der Waals surface area contributed by atoms with Gasteiger partial charge < -0.3 is 0 Å². The molecule has 6 heteroatoms. The average molecular weight is 584 g/mol. The molecule has 54 valence electrons. The fourth-order valence-corrected chi connectivity index (χ4v) is 3.50. The molecule has 0 aliphatic carbocycles. The third kappa shape index (κ3) is 2.50. The summed E-state index contributed by atoms with van der Waals surface area (Å²) in [6.07, 6.45) is 0. The predicted molar refractivity (Wildman–Crippen MR) is 72.9 cm³/mol. The predicted octanol–water partition coefficient (Wildman–Crippen LogP) is 2.90. The van der Waals surface area contributed by atoms with Crippen LogP contribution in [-0.2, 0) is 0 Å². The molecule has 0 atom stereocenters. The Morgan fingerprint density at radius 1 is 0.800 bits per heavy atom. The van der Waals surface area contributed by atoms with E-state index < -0.39 is 0 Å². The fraction of sp³-hybridized carbons (Fsp3) is 0. The van der Waals surface area contributed by atoms with E-state index in [4.69, 9.17) is 0 Å². The highest BCUT2D eigenvalue weighted by molar-refractivity contribution is 14.1. The standard InChI is InChI=1S/C4I4N2/c5-1-2(6)9-4(8)10-3(1)7. The Labute approximate surface area is 113 Å². The number of nitrogens with zero attached hydrogens (tertiary/aromatic N) is 2. The third-order valence-corrected chi connectivity index (χ3v) is 5.87. The van der Waals surface area contributed by atoms with Crippen LogP contribution in [0.15, 0.2) is 0 Å². The Morgan fingerprint density at radius 3 is 1.60 bits per heavy atom. The van der Waals surface area contributed by atoms with E-state index in [-0.39, 0.29) is 0 Å². The molecular weight excluding hydrogens is 584 g/mol. The van der Waals surface area contributed by atoms with Crippen LogP contribution in [0, 0.1) is 14.8 Å². The van der Waals surface area contributed by atoms with Gasteiger partial charge in [0.05, 0.1) is 3.57 Å². The van der Waals surface area contributed by atoms with Crippen molar-refractivity contribution in [3.8, 4) is 0 Å². The first-order valence-corrected chi connectivity index (χ1v) is 6.47. The largest absolute Gasteiger partial charge is 0.216 e. The van der Waals surface area contributed by atoms with Gasteiger partial charge in [0.2, 0.25) is 0 Å². The zero-order valence-electron chi connectivity index (χ0n) is 4.41. The van der Waals surface area contributed by atoms with E-state index in [9.17, 15) is 0 Å². The first-order chi connectivity index (χ1) is 4.61. The second-order valence-corrected chi connectivity index (χ2v) is 5.48. The molecular formula is C4I4N2. The maximum absolute atomic E-state index is 4.18. The molecule has 1 aromatic rings. The van der Waals surface area contributed by atoms with E-state index in [1.165, 1.54) is 0 Å². The molecule has 0 spiro atoms. The molecule has 2 nitrogen and oxygen atoms in total. The maximum atomic E-state index is 4.18. The zero-order valence-corrected chi connectivity index (χ0v) is 13.0. The monoisotopic (exact) mass is 584 g/mol. The van der Waals surface area contributed by atoms with E-state index in [1.807, 2.05) is 0 Å². The van der Waals surface area contributed by atoms with Crippen LogP contribution in [0.5, 0.6) is 0 Å². The lowest BCUT2D eigenvalue weighted by Crippen LogP contribution is -1.97. The van der Waals surface area contributed by atoms with Gasteiger partial charge in [-0.25, -0.2) is 9.97 Å². The molecule has 0 saturated heterocycles. The van der Waals surface area contributed by atoms with Gasteiger partial charge in [-0.05, 0) is 67.8 Å². The summed E-state index contributed by atoms with van der Waals surface area (Å²) in [6, 6.07) is 0. The van der Waals surface area contributed by atoms with Crippen LogP contribution in [0.25, 0.3) is 0 Å². The van der Waals surface area contributed by atoms with Crippen LogP contribution in [0.3, 0.4) is 0 Å². The molecule has 0 bridgehead atoms. The van der Waals surface area contributed by atoms with E-state index in [0.717, 1.165) is 14.8 Å². The number of halogens is 4. The van der Waals surface area contributed by atoms with Crippen LogP contribution in [0.4, 0.5) is 0 Å². The second kappa shape index (κ2) is 4.30. The minimum Gasteiger partial charge on any atom is -0.216 e. The van der Waals surface area contributed by atoms with Crippen molar-refractivity contribution >= 4 is 90.4 Å². The molecule has 0 N–H and O–H groups in total. The molecule has 1 heterocycles. The van der Waals surface area contributed by atoms with Crippen molar-refractivity contribution < 1.29 is 0 Å². The van der Waals surface area contributed by atoms with Gasteiger partial charge in [-0.15, -0.1) is 0 Å². The topological polar surface area (TPSA) is 25.8 Å². The number of aromatic nitrogens is 2. The molecule has 0 aliphatic rings. The Bertz CT molecular complexity index is 238. The van der Waals surface area contributed by atoms with Crippen LogP contribution < -0.4 is 0 Å². The van der Waals surface area contributed by atoms with Gasteiger partial charge in [0.25, 0.3) is 0 Å². The van der Waals surface area contributed by atoms with Crippen molar-refractivity contribution in [1.29, 1.82) is 0 Å². The lowest BCUT2D eigenvalue weighted by molar-refractivity contribution is 1.03. The molecule has 1 aromatic heterocycles. The minimum absolute atomic E-state index is 0.812. The molecule has 0 amide bonds. The third-order valence-electron chi connectivity index (χ3n) is 0.743. The summed E-state index contributed by atoms with van der Waals surface area (Å²) in [4.78, 5) is 8.37. The summed E-state index contributed by atoms with van der Waals surface area (Å²) in [5.74, 6) is 0. The van der Waals surface area contributed by atoms with Gasteiger partial charge >= 0.3 is 0 Å². The molecule has 0 fully saturated rings. The number of hydrogen-bond acceptors (Lipinski definition) is 2. The van der Waals surface area contributed by atoms with Crippen LogP contribution in [-0.4, -0.2) is 9.97 Å². The Hall–Kier alpha value is 2.00. The number of rotatable bonds is 0. The minimum atomic E-state index is 0.812. The van der Waals surface area contributed by atoms with Crippen LogP contribution in [0.1, 0.15) is 0 Å². The highest BCUT2D eigenvalue weighted by Gasteiger charge is 2.04. The smallest absolute Gasteiger partial charge is 0.192 e. The van der Waals surface area contributed by atoms with Gasteiger partial charge in [-0.1, -0.05) is 0 Å². The van der Waals surface area contributed by atoms with Crippen LogP contribution in [0.2, 0.25) is 0 Å². The summed E-state index contributed by atoms with van der Waals surface area (Å²) in [7, 11) is 0. The maximum Gasteiger partial charge on any atom is 0.192 e. The summed E-state index contributed by atoms with van der Waals surface area (Å²) < 4.78 is 4.01. The quantitative estimate of drug-likeness (QED) is 0.267. The molecule has 0 aliphatic heterocycles. The lowest BCUT2D eigenvalue weighted by Gasteiger charge is -1.97. The number of hydrogen-bond donors (Lipinski definition) is 0. The van der Waals surface area contributed by atoms with Gasteiger partial charge in [-0.2, -0.15) is 0 Å². The van der Waals surface area contributed by atoms with Crippen molar-refractivity contribution in [2.45, 2.75) is 0 Å². The van der Waals surface area contributed by atoms with Gasteiger partial charge in [0.15, 0.2) is 3.83 Å². The zero-order chi connectivity index (χ0) is 7.72. The van der Waals surface area contributed by atoms with Gasteiger partial charge in [-0.3, -0.25) is 0 Å². The van der Waals surface area contributed by atoms with Gasteiger partial charge in [0, 0.05) is 22.6 Å². The summed E-state index contributed by atoms with van der Waals surface area (Å²) in [5.41, 5.74) is 0. The van der Waals surface area contributed by atoms with E-state index >= 15 is 0 Å². The fourth-order valence-electron chi connectivity index (χ4n) is 0.370. The van der Waals surface area contributed by atoms with Crippen molar-refractivity contribution in [2.75, 3.05) is 0 Å². The summed E-state index contributed by atoms with van der Waals surface area (Å²) >= 11 is 8.77. The summed E-state index contributed by atoms with van der Waals surface area (Å²) in [6.45, 7) is 0. The molecule has 0 aromatic carbocycles. The Morgan fingerprint density at radius 2 is 1.20 bits per heavy atom. The molecule has 1 rings (SSSR count). The highest BCUT2D eigenvalue weighted by atomic mass is 127. The van der Waals surface area contributed by atoms with E-state index in [1.54, 1.807) is 0 Å². The van der Waals surface area contributed by atoms with Crippen molar-refractivity contribution in [2.24, 2.45) is 0 Å². The van der Waals surface area contributed by atoms with Crippen molar-refractivity contribution in [3.05, 3.63) is 14.8 Å². The average Bonchev–Trinajstić information content (AvgIpc) is 1.82. The lowest BCUT2D eigenvalue weighted by atomic mass is 10.7. The van der Waals surface area contributed by atoms with Crippen molar-refractivity contribution in [3.63, 3.8) is 0 Å².